The van der Waals surface area contributed by atoms with E-state index < -0.39 is 12.4 Å². The van der Waals surface area contributed by atoms with Gasteiger partial charge in [0.05, 0.1) is 6.10 Å². The zero-order valence-electron chi connectivity index (χ0n) is 12.2. The molecule has 20 heavy (non-hydrogen) atoms. The topological polar surface area (TPSA) is 47.6 Å². The molecule has 1 fully saturated rings. The minimum Gasteiger partial charge on any atom is -0.420 e. The standard InChI is InChI=1S/C16H23NO3/c1-12-8-10-14(11-9-12)17-16(18)20-13(2)19-15-6-4-3-5-7-15/h8-11,13,15H,3-7H2,1-2H3,(H,17,18). The smallest absolute Gasteiger partial charge is 0.413 e. The van der Waals surface area contributed by atoms with Gasteiger partial charge < -0.3 is 9.47 Å². The zero-order valence-corrected chi connectivity index (χ0v) is 12.2. The van der Waals surface area contributed by atoms with Gasteiger partial charge in [-0.25, -0.2) is 4.79 Å². The van der Waals surface area contributed by atoms with Crippen LogP contribution in [-0.2, 0) is 9.47 Å². The van der Waals surface area contributed by atoms with Gasteiger partial charge in [-0.1, -0.05) is 37.0 Å². The molecule has 0 radical (unpaired) electrons. The van der Waals surface area contributed by atoms with E-state index in [1.165, 1.54) is 19.3 Å². The monoisotopic (exact) mass is 277 g/mol. The van der Waals surface area contributed by atoms with Crippen molar-refractivity contribution in [3.8, 4) is 0 Å². The Labute approximate surface area is 120 Å². The summed E-state index contributed by atoms with van der Waals surface area (Å²) in [6.07, 6.45) is 5.05. The van der Waals surface area contributed by atoms with Crippen LogP contribution in [-0.4, -0.2) is 18.5 Å². The van der Waals surface area contributed by atoms with Crippen molar-refractivity contribution in [2.45, 2.75) is 58.3 Å². The Hall–Kier alpha value is -1.55. The molecule has 1 aromatic rings. The summed E-state index contributed by atoms with van der Waals surface area (Å²) in [4.78, 5) is 11.7. The Morgan fingerprint density at radius 1 is 1.20 bits per heavy atom. The lowest BCUT2D eigenvalue weighted by molar-refractivity contribution is -0.131. The molecule has 1 aliphatic rings. The maximum Gasteiger partial charge on any atom is 0.413 e. The molecular weight excluding hydrogens is 254 g/mol. The van der Waals surface area contributed by atoms with Gasteiger partial charge in [0, 0.05) is 5.69 Å². The van der Waals surface area contributed by atoms with Crippen LogP contribution in [0.5, 0.6) is 0 Å². The van der Waals surface area contributed by atoms with E-state index >= 15 is 0 Å². The van der Waals surface area contributed by atoms with Crippen molar-refractivity contribution in [1.82, 2.24) is 0 Å². The highest BCUT2D eigenvalue weighted by atomic mass is 16.7. The fourth-order valence-electron chi connectivity index (χ4n) is 2.43. The Morgan fingerprint density at radius 2 is 1.85 bits per heavy atom. The number of nitrogens with one attached hydrogen (secondary N) is 1. The second kappa shape index (κ2) is 7.29. The molecule has 0 aromatic heterocycles. The van der Waals surface area contributed by atoms with Gasteiger partial charge in [0.15, 0.2) is 0 Å². The van der Waals surface area contributed by atoms with Crippen LogP contribution in [0.15, 0.2) is 24.3 Å². The summed E-state index contributed by atoms with van der Waals surface area (Å²) in [5.41, 5.74) is 1.88. The molecule has 0 bridgehead atoms. The summed E-state index contributed by atoms with van der Waals surface area (Å²) in [6, 6.07) is 7.58. The summed E-state index contributed by atoms with van der Waals surface area (Å²) in [5.74, 6) is 0. The fourth-order valence-corrected chi connectivity index (χ4v) is 2.43. The molecule has 0 spiro atoms. The highest BCUT2D eigenvalue weighted by Gasteiger charge is 2.18. The van der Waals surface area contributed by atoms with Crippen LogP contribution < -0.4 is 5.32 Å². The third kappa shape index (κ3) is 4.85. The van der Waals surface area contributed by atoms with Crippen LogP contribution in [0.2, 0.25) is 0 Å². The average molecular weight is 277 g/mol. The number of rotatable bonds is 4. The first-order valence-electron chi connectivity index (χ1n) is 7.33. The van der Waals surface area contributed by atoms with Crippen molar-refractivity contribution in [1.29, 1.82) is 0 Å². The van der Waals surface area contributed by atoms with Crippen molar-refractivity contribution in [3.05, 3.63) is 29.8 Å². The van der Waals surface area contributed by atoms with Gasteiger partial charge in [0.25, 0.3) is 0 Å². The van der Waals surface area contributed by atoms with Crippen LogP contribution in [0.4, 0.5) is 10.5 Å². The van der Waals surface area contributed by atoms with Crippen molar-refractivity contribution in [2.75, 3.05) is 5.32 Å². The van der Waals surface area contributed by atoms with Gasteiger partial charge in [0.2, 0.25) is 6.29 Å². The summed E-state index contributed by atoms with van der Waals surface area (Å²) in [7, 11) is 0. The van der Waals surface area contributed by atoms with E-state index in [-0.39, 0.29) is 6.10 Å². The molecule has 1 atom stereocenters. The Balaban J connectivity index is 1.74. The van der Waals surface area contributed by atoms with Crippen LogP contribution in [0, 0.1) is 6.92 Å². The predicted octanol–water partition coefficient (Wildman–Crippen LogP) is 4.24. The number of amides is 1. The molecular formula is C16H23NO3. The van der Waals surface area contributed by atoms with Crippen LogP contribution >= 0.6 is 0 Å². The maximum absolute atomic E-state index is 11.7. The molecule has 4 heteroatoms. The number of carbonyl (C=O) groups excluding carboxylic acids is 1. The van der Waals surface area contributed by atoms with Crippen LogP contribution in [0.1, 0.15) is 44.6 Å². The molecule has 0 heterocycles. The molecule has 0 saturated heterocycles. The largest absolute Gasteiger partial charge is 0.420 e. The summed E-state index contributed by atoms with van der Waals surface area (Å²) in [5, 5.41) is 2.70. The number of hydrogen-bond acceptors (Lipinski definition) is 3. The molecule has 1 amide bonds. The number of benzene rings is 1. The molecule has 110 valence electrons. The van der Waals surface area contributed by atoms with E-state index in [1.54, 1.807) is 6.92 Å². The van der Waals surface area contributed by atoms with Crippen molar-refractivity contribution in [2.24, 2.45) is 0 Å². The molecule has 2 rings (SSSR count). The Morgan fingerprint density at radius 3 is 2.50 bits per heavy atom. The third-order valence-electron chi connectivity index (χ3n) is 3.51. The molecule has 1 aromatic carbocycles. The lowest BCUT2D eigenvalue weighted by Gasteiger charge is -2.25. The molecule has 0 aliphatic heterocycles. The maximum atomic E-state index is 11.7. The lowest BCUT2D eigenvalue weighted by atomic mass is 9.98. The second-order valence-corrected chi connectivity index (χ2v) is 5.36. The number of hydrogen-bond donors (Lipinski definition) is 1. The van der Waals surface area contributed by atoms with Gasteiger partial charge in [0.1, 0.15) is 0 Å². The molecule has 1 saturated carbocycles. The second-order valence-electron chi connectivity index (χ2n) is 5.36. The van der Waals surface area contributed by atoms with Gasteiger partial charge in [-0.2, -0.15) is 0 Å². The van der Waals surface area contributed by atoms with Crippen molar-refractivity contribution < 1.29 is 14.3 Å². The average Bonchev–Trinajstić information content (AvgIpc) is 2.42. The third-order valence-corrected chi connectivity index (χ3v) is 3.51. The number of ether oxygens (including phenoxy) is 2. The van der Waals surface area contributed by atoms with E-state index in [0.29, 0.717) is 0 Å². The predicted molar refractivity (Wildman–Crippen MR) is 78.7 cm³/mol. The van der Waals surface area contributed by atoms with E-state index in [4.69, 9.17) is 9.47 Å². The lowest BCUT2D eigenvalue weighted by Crippen LogP contribution is -2.28. The normalized spacial score (nSPS) is 17.5. The highest BCUT2D eigenvalue weighted by molar-refractivity contribution is 5.84. The minimum atomic E-state index is -0.511. The highest BCUT2D eigenvalue weighted by Crippen LogP contribution is 2.21. The van der Waals surface area contributed by atoms with Crippen LogP contribution in [0.25, 0.3) is 0 Å². The van der Waals surface area contributed by atoms with Gasteiger partial charge >= 0.3 is 6.09 Å². The zero-order chi connectivity index (χ0) is 14.4. The minimum absolute atomic E-state index is 0.228. The summed E-state index contributed by atoms with van der Waals surface area (Å²) >= 11 is 0. The SMILES string of the molecule is Cc1ccc(NC(=O)OC(C)OC2CCCCC2)cc1. The summed E-state index contributed by atoms with van der Waals surface area (Å²) < 4.78 is 11.0. The van der Waals surface area contributed by atoms with Gasteiger partial charge in [-0.05, 0) is 38.8 Å². The van der Waals surface area contributed by atoms with E-state index in [0.717, 1.165) is 24.1 Å². The van der Waals surface area contributed by atoms with E-state index in [9.17, 15) is 4.79 Å². The molecule has 1 N–H and O–H groups in total. The first-order valence-corrected chi connectivity index (χ1v) is 7.33. The first kappa shape index (κ1) is 14.9. The molecule has 4 nitrogen and oxygen atoms in total. The Kier molecular flexibility index (Phi) is 5.41. The van der Waals surface area contributed by atoms with Gasteiger partial charge in [-0.3, -0.25) is 5.32 Å². The van der Waals surface area contributed by atoms with Gasteiger partial charge in [-0.15, -0.1) is 0 Å². The van der Waals surface area contributed by atoms with Crippen molar-refractivity contribution in [3.63, 3.8) is 0 Å². The molecule has 1 unspecified atom stereocenters. The Bertz CT molecular complexity index is 424. The van der Waals surface area contributed by atoms with Crippen molar-refractivity contribution >= 4 is 11.8 Å². The molecule has 1 aliphatic carbocycles. The quantitative estimate of drug-likeness (QED) is 0.837. The van der Waals surface area contributed by atoms with Crippen LogP contribution in [0.3, 0.4) is 0 Å². The first-order chi connectivity index (χ1) is 9.63. The van der Waals surface area contributed by atoms with E-state index in [2.05, 4.69) is 5.32 Å². The number of anilines is 1. The number of carbonyl (C=O) groups is 1. The van der Waals surface area contributed by atoms with E-state index in [1.807, 2.05) is 31.2 Å². The number of aryl methyl sites for hydroxylation is 1. The summed E-state index contributed by atoms with van der Waals surface area (Å²) in [6.45, 7) is 3.77. The fraction of sp³-hybridized carbons (Fsp3) is 0.562.